The van der Waals surface area contributed by atoms with Crippen molar-refractivity contribution in [1.29, 1.82) is 0 Å². The van der Waals surface area contributed by atoms with Crippen LogP contribution in [0.3, 0.4) is 0 Å². The van der Waals surface area contributed by atoms with Crippen molar-refractivity contribution in [2.75, 3.05) is 5.73 Å². The Kier molecular flexibility index (Phi) is 2.81. The maximum absolute atomic E-state index is 6.32. The topological polar surface area (TPSA) is 67.6 Å². The molecule has 0 fully saturated rings. The normalized spacial score (nSPS) is 11.4. The summed E-state index contributed by atoms with van der Waals surface area (Å²) in [6.45, 7) is 2.05. The molecular formula is C17H13ClN4. The summed E-state index contributed by atoms with van der Waals surface area (Å²) in [7, 11) is 0. The summed E-state index contributed by atoms with van der Waals surface area (Å²) in [6.07, 6.45) is 0. The first-order chi connectivity index (χ1) is 10.6. The number of halogens is 1. The lowest BCUT2D eigenvalue weighted by atomic mass is 10.1. The minimum atomic E-state index is 0.241. The van der Waals surface area contributed by atoms with Gasteiger partial charge in [0, 0.05) is 16.5 Å². The van der Waals surface area contributed by atoms with E-state index in [0.29, 0.717) is 5.02 Å². The van der Waals surface area contributed by atoms with Crippen LogP contribution in [0, 0.1) is 6.92 Å². The molecule has 2 aromatic heterocycles. The van der Waals surface area contributed by atoms with Crippen molar-refractivity contribution < 1.29 is 0 Å². The third-order valence-electron chi connectivity index (χ3n) is 3.75. The summed E-state index contributed by atoms with van der Waals surface area (Å²) >= 11 is 6.32. The number of hydrogen-bond donors (Lipinski definition) is 2. The molecule has 4 rings (SSSR count). The fourth-order valence-corrected chi connectivity index (χ4v) is 2.96. The fourth-order valence-electron chi connectivity index (χ4n) is 2.74. The van der Waals surface area contributed by atoms with Crippen LogP contribution in [0.4, 0.5) is 5.95 Å². The molecule has 2 heterocycles. The van der Waals surface area contributed by atoms with E-state index in [1.54, 1.807) is 0 Å². The van der Waals surface area contributed by atoms with Gasteiger partial charge in [-0.1, -0.05) is 41.4 Å². The maximum atomic E-state index is 6.32. The van der Waals surface area contributed by atoms with Gasteiger partial charge >= 0.3 is 0 Å². The van der Waals surface area contributed by atoms with Gasteiger partial charge in [-0.05, 0) is 25.1 Å². The fraction of sp³-hybridized carbons (Fsp3) is 0.0588. The Morgan fingerprint density at radius 1 is 1.09 bits per heavy atom. The second kappa shape index (κ2) is 4.71. The SMILES string of the molecule is Cc1ccc2[nH]c3c(-c4ccccc4Cl)nc(N)nc3c2c1. The molecule has 4 nitrogen and oxygen atoms in total. The molecule has 0 aliphatic carbocycles. The average Bonchev–Trinajstić information content (AvgIpc) is 2.85. The van der Waals surface area contributed by atoms with Gasteiger partial charge in [-0.25, -0.2) is 9.97 Å². The van der Waals surface area contributed by atoms with E-state index in [2.05, 4.69) is 34.0 Å². The maximum Gasteiger partial charge on any atom is 0.221 e. The molecule has 0 saturated carbocycles. The Morgan fingerprint density at radius 3 is 2.73 bits per heavy atom. The van der Waals surface area contributed by atoms with Gasteiger partial charge in [0.25, 0.3) is 0 Å². The molecule has 0 bridgehead atoms. The number of fused-ring (bicyclic) bond motifs is 3. The Balaban J connectivity index is 2.16. The molecule has 0 aliphatic heterocycles. The van der Waals surface area contributed by atoms with Crippen LogP contribution in [0.5, 0.6) is 0 Å². The highest BCUT2D eigenvalue weighted by atomic mass is 35.5. The molecule has 108 valence electrons. The van der Waals surface area contributed by atoms with Crippen LogP contribution in [-0.4, -0.2) is 15.0 Å². The second-order valence-electron chi connectivity index (χ2n) is 5.31. The first-order valence-corrected chi connectivity index (χ1v) is 7.32. The molecular weight excluding hydrogens is 296 g/mol. The smallest absolute Gasteiger partial charge is 0.221 e. The van der Waals surface area contributed by atoms with Gasteiger partial charge in [0.2, 0.25) is 5.95 Å². The monoisotopic (exact) mass is 308 g/mol. The standard InChI is InChI=1S/C17H13ClN4/c1-9-6-7-13-11(8-9)15-16(20-13)14(21-17(19)22-15)10-4-2-3-5-12(10)18/h2-8,20H,1H3,(H2,19,21,22). The first kappa shape index (κ1) is 13.1. The number of aryl methyl sites for hydroxylation is 1. The largest absolute Gasteiger partial charge is 0.368 e. The van der Waals surface area contributed by atoms with Crippen molar-refractivity contribution in [3.63, 3.8) is 0 Å². The summed E-state index contributed by atoms with van der Waals surface area (Å²) in [4.78, 5) is 12.2. The number of aromatic nitrogens is 3. The van der Waals surface area contributed by atoms with Crippen molar-refractivity contribution in [2.24, 2.45) is 0 Å². The lowest BCUT2D eigenvalue weighted by Gasteiger charge is -2.05. The van der Waals surface area contributed by atoms with E-state index in [1.165, 1.54) is 5.56 Å². The molecule has 0 amide bonds. The molecule has 0 radical (unpaired) electrons. The molecule has 0 spiro atoms. The van der Waals surface area contributed by atoms with Crippen LogP contribution >= 0.6 is 11.6 Å². The quantitative estimate of drug-likeness (QED) is 0.550. The van der Waals surface area contributed by atoms with Crippen molar-refractivity contribution in [2.45, 2.75) is 6.92 Å². The summed E-state index contributed by atoms with van der Waals surface area (Å²) in [5, 5.41) is 1.68. The van der Waals surface area contributed by atoms with Gasteiger partial charge in [-0.15, -0.1) is 0 Å². The number of nitrogens with zero attached hydrogens (tertiary/aromatic N) is 2. The number of nitrogen functional groups attached to an aromatic ring is 1. The number of benzene rings is 2. The Labute approximate surface area is 132 Å². The highest BCUT2D eigenvalue weighted by Gasteiger charge is 2.15. The number of anilines is 1. The van der Waals surface area contributed by atoms with E-state index >= 15 is 0 Å². The van der Waals surface area contributed by atoms with Gasteiger partial charge in [-0.2, -0.15) is 0 Å². The van der Waals surface area contributed by atoms with Crippen LogP contribution in [0.25, 0.3) is 33.2 Å². The summed E-state index contributed by atoms with van der Waals surface area (Å²) < 4.78 is 0. The van der Waals surface area contributed by atoms with E-state index in [1.807, 2.05) is 30.3 Å². The summed E-state index contributed by atoms with van der Waals surface area (Å²) in [5.41, 5.74) is 11.3. The van der Waals surface area contributed by atoms with Gasteiger partial charge in [0.15, 0.2) is 0 Å². The average molecular weight is 309 g/mol. The third-order valence-corrected chi connectivity index (χ3v) is 4.07. The zero-order chi connectivity index (χ0) is 15.3. The highest BCUT2D eigenvalue weighted by Crippen LogP contribution is 2.34. The number of hydrogen-bond acceptors (Lipinski definition) is 3. The molecule has 3 N–H and O–H groups in total. The van der Waals surface area contributed by atoms with Gasteiger partial charge in [0.1, 0.15) is 11.2 Å². The number of nitrogens with two attached hydrogens (primary N) is 1. The number of H-pyrrole nitrogens is 1. The van der Waals surface area contributed by atoms with Crippen LogP contribution in [0.2, 0.25) is 5.02 Å². The van der Waals surface area contributed by atoms with Gasteiger partial charge < -0.3 is 10.7 Å². The molecule has 5 heteroatoms. The second-order valence-corrected chi connectivity index (χ2v) is 5.72. The Bertz CT molecular complexity index is 1020. The predicted molar refractivity (Wildman–Crippen MR) is 91.0 cm³/mol. The molecule has 0 unspecified atom stereocenters. The van der Waals surface area contributed by atoms with Crippen LogP contribution in [-0.2, 0) is 0 Å². The molecule has 22 heavy (non-hydrogen) atoms. The number of nitrogens with one attached hydrogen (secondary N) is 1. The van der Waals surface area contributed by atoms with Crippen molar-refractivity contribution in [1.82, 2.24) is 15.0 Å². The van der Waals surface area contributed by atoms with Crippen LogP contribution in [0.1, 0.15) is 5.56 Å². The van der Waals surface area contributed by atoms with E-state index in [-0.39, 0.29) is 5.95 Å². The zero-order valence-corrected chi connectivity index (χ0v) is 12.6. The van der Waals surface area contributed by atoms with Crippen molar-refractivity contribution in [3.05, 3.63) is 53.1 Å². The molecule has 4 aromatic rings. The minimum Gasteiger partial charge on any atom is -0.368 e. The van der Waals surface area contributed by atoms with Gasteiger partial charge in [0.05, 0.1) is 10.5 Å². The Hall–Kier alpha value is -2.59. The van der Waals surface area contributed by atoms with Crippen molar-refractivity contribution >= 4 is 39.5 Å². The van der Waals surface area contributed by atoms with E-state index in [9.17, 15) is 0 Å². The molecule has 0 atom stereocenters. The van der Waals surface area contributed by atoms with E-state index in [4.69, 9.17) is 17.3 Å². The minimum absolute atomic E-state index is 0.241. The van der Waals surface area contributed by atoms with E-state index < -0.39 is 0 Å². The lowest BCUT2D eigenvalue weighted by molar-refractivity contribution is 1.24. The summed E-state index contributed by atoms with van der Waals surface area (Å²) in [5.74, 6) is 0.241. The summed E-state index contributed by atoms with van der Waals surface area (Å²) in [6, 6.07) is 13.8. The van der Waals surface area contributed by atoms with E-state index in [0.717, 1.165) is 33.2 Å². The molecule has 0 aliphatic rings. The Morgan fingerprint density at radius 2 is 1.91 bits per heavy atom. The predicted octanol–water partition coefficient (Wildman–Crippen LogP) is 4.32. The molecule has 2 aromatic carbocycles. The van der Waals surface area contributed by atoms with Crippen LogP contribution < -0.4 is 5.73 Å². The van der Waals surface area contributed by atoms with Crippen molar-refractivity contribution in [3.8, 4) is 11.3 Å². The highest BCUT2D eigenvalue weighted by molar-refractivity contribution is 6.33. The molecule has 0 saturated heterocycles. The zero-order valence-electron chi connectivity index (χ0n) is 11.9. The number of rotatable bonds is 1. The lowest BCUT2D eigenvalue weighted by Crippen LogP contribution is -1.97. The first-order valence-electron chi connectivity index (χ1n) is 6.94. The number of aromatic amines is 1. The third kappa shape index (κ3) is 1.92. The van der Waals surface area contributed by atoms with Crippen LogP contribution in [0.15, 0.2) is 42.5 Å². The van der Waals surface area contributed by atoms with Gasteiger partial charge in [-0.3, -0.25) is 0 Å².